The van der Waals surface area contributed by atoms with E-state index in [1.54, 1.807) is 41.2 Å². The highest BCUT2D eigenvalue weighted by Gasteiger charge is 1.88. The maximum absolute atomic E-state index is 11.0. The average Bonchev–Trinajstić information content (AvgIpc) is 2.51. The van der Waals surface area contributed by atoms with Gasteiger partial charge in [0, 0.05) is 47.6 Å². The molecule has 0 saturated carbocycles. The lowest BCUT2D eigenvalue weighted by Gasteiger charge is -1.98. The van der Waals surface area contributed by atoms with E-state index >= 15 is 0 Å². The summed E-state index contributed by atoms with van der Waals surface area (Å²) in [5.74, 6) is 0.708. The molecule has 0 bridgehead atoms. The fourth-order valence-corrected chi connectivity index (χ4v) is 1.50. The molecule has 0 aliphatic carbocycles. The first kappa shape index (κ1) is 23.4. The summed E-state index contributed by atoms with van der Waals surface area (Å²) >= 11 is 11.5. The van der Waals surface area contributed by atoms with Gasteiger partial charge in [-0.15, -0.1) is 11.6 Å². The first-order chi connectivity index (χ1) is 10.2. The Morgan fingerprint density at radius 3 is 2.05 bits per heavy atom. The van der Waals surface area contributed by atoms with Crippen LogP contribution in [0.2, 0.25) is 0 Å². The minimum Gasteiger partial charge on any atom is -0.329 e. The molecule has 0 spiro atoms. The van der Waals surface area contributed by atoms with Crippen LogP contribution in [-0.4, -0.2) is 26.1 Å². The standard InChI is InChI=1S/C7H8BrNO.C5H5NO.C2H4BrCl.CH4/c8-4-6-9-5-2-1-3-7(9)10;7-5-3-1-2-4-6-5;3-1-2-4;/h1-3,5H,4,6H2;1-4H,(H,6,7);1-2H2;1H4. The molecule has 22 heavy (non-hydrogen) atoms. The molecular weight excluding hydrogens is 435 g/mol. The molecule has 124 valence electrons. The minimum atomic E-state index is -0.0532. The predicted molar refractivity (Wildman–Crippen MR) is 103 cm³/mol. The van der Waals surface area contributed by atoms with Crippen molar-refractivity contribution in [1.82, 2.24) is 9.55 Å². The molecule has 2 aromatic heterocycles. The Hall–Kier alpha value is -0.850. The number of pyridine rings is 2. The Labute approximate surface area is 152 Å². The second-order valence-corrected chi connectivity index (χ2v) is 5.49. The molecular formula is C15H21Br2ClN2O2. The molecule has 2 aromatic rings. The molecule has 0 unspecified atom stereocenters. The quantitative estimate of drug-likeness (QED) is 0.713. The normalized spacial score (nSPS) is 8.50. The topological polar surface area (TPSA) is 54.9 Å². The molecule has 4 nitrogen and oxygen atoms in total. The van der Waals surface area contributed by atoms with Crippen molar-refractivity contribution in [3.8, 4) is 0 Å². The molecule has 0 atom stereocenters. The van der Waals surface area contributed by atoms with Gasteiger partial charge in [0.05, 0.1) is 0 Å². The second-order valence-electron chi connectivity index (χ2n) is 3.53. The van der Waals surface area contributed by atoms with Gasteiger partial charge in [-0.05, 0) is 12.1 Å². The highest BCUT2D eigenvalue weighted by Crippen LogP contribution is 1.85. The van der Waals surface area contributed by atoms with Gasteiger partial charge in [0.25, 0.3) is 5.56 Å². The molecule has 0 saturated heterocycles. The summed E-state index contributed by atoms with van der Waals surface area (Å²) in [6.45, 7) is 0.736. The zero-order valence-electron chi connectivity index (χ0n) is 11.3. The van der Waals surface area contributed by atoms with E-state index < -0.39 is 0 Å². The van der Waals surface area contributed by atoms with Crippen LogP contribution in [0.1, 0.15) is 7.43 Å². The lowest BCUT2D eigenvalue weighted by Crippen LogP contribution is -2.17. The third kappa shape index (κ3) is 12.9. The summed E-state index contributed by atoms with van der Waals surface area (Å²) in [7, 11) is 0. The highest BCUT2D eigenvalue weighted by atomic mass is 79.9. The minimum absolute atomic E-state index is 0. The number of H-pyrrole nitrogens is 1. The van der Waals surface area contributed by atoms with Gasteiger partial charge in [-0.25, -0.2) is 0 Å². The van der Waals surface area contributed by atoms with Crippen LogP contribution in [0, 0.1) is 0 Å². The van der Waals surface area contributed by atoms with Gasteiger partial charge in [0.1, 0.15) is 0 Å². The van der Waals surface area contributed by atoms with Crippen LogP contribution in [0.4, 0.5) is 0 Å². The maximum atomic E-state index is 11.0. The smallest absolute Gasteiger partial charge is 0.250 e. The molecule has 1 N–H and O–H groups in total. The number of rotatable bonds is 3. The second kappa shape index (κ2) is 16.5. The fourth-order valence-electron chi connectivity index (χ4n) is 1.11. The Morgan fingerprint density at radius 2 is 1.68 bits per heavy atom. The number of halogens is 3. The van der Waals surface area contributed by atoms with Gasteiger partial charge in [0.2, 0.25) is 5.56 Å². The van der Waals surface area contributed by atoms with Gasteiger partial charge in [-0.2, -0.15) is 0 Å². The number of hydrogen-bond acceptors (Lipinski definition) is 2. The van der Waals surface area contributed by atoms with Crippen LogP contribution < -0.4 is 11.1 Å². The van der Waals surface area contributed by atoms with Gasteiger partial charge >= 0.3 is 0 Å². The highest BCUT2D eigenvalue weighted by molar-refractivity contribution is 9.09. The number of aryl methyl sites for hydroxylation is 1. The van der Waals surface area contributed by atoms with E-state index in [-0.39, 0.29) is 18.5 Å². The van der Waals surface area contributed by atoms with Crippen molar-refractivity contribution in [2.45, 2.75) is 14.0 Å². The number of alkyl halides is 3. The summed E-state index contributed by atoms with van der Waals surface area (Å²) < 4.78 is 1.66. The summed E-state index contributed by atoms with van der Waals surface area (Å²) in [6.07, 6.45) is 3.38. The van der Waals surface area contributed by atoms with Crippen LogP contribution in [-0.2, 0) is 6.54 Å². The third-order valence-corrected chi connectivity index (χ3v) is 3.37. The van der Waals surface area contributed by atoms with Crippen LogP contribution >= 0.6 is 43.5 Å². The van der Waals surface area contributed by atoms with Gasteiger partial charge in [0.15, 0.2) is 0 Å². The van der Waals surface area contributed by atoms with Crippen molar-refractivity contribution in [1.29, 1.82) is 0 Å². The summed E-state index contributed by atoms with van der Waals surface area (Å²) in [5, 5.41) is 1.71. The van der Waals surface area contributed by atoms with Crippen LogP contribution in [0.5, 0.6) is 0 Å². The molecule has 2 rings (SSSR count). The first-order valence-electron chi connectivity index (χ1n) is 6.12. The van der Waals surface area contributed by atoms with Crippen molar-refractivity contribution < 1.29 is 0 Å². The summed E-state index contributed by atoms with van der Waals surface area (Å²) in [4.78, 5) is 23.6. The molecule has 0 radical (unpaired) electrons. The van der Waals surface area contributed by atoms with Gasteiger partial charge in [-0.1, -0.05) is 51.4 Å². The lowest BCUT2D eigenvalue weighted by molar-refractivity contribution is 0.738. The Morgan fingerprint density at radius 1 is 1.05 bits per heavy atom. The van der Waals surface area contributed by atoms with E-state index in [1.165, 1.54) is 6.07 Å². The van der Waals surface area contributed by atoms with Gasteiger partial charge < -0.3 is 9.55 Å². The van der Waals surface area contributed by atoms with Crippen molar-refractivity contribution in [2.75, 3.05) is 16.5 Å². The number of nitrogens with zero attached hydrogens (tertiary/aromatic N) is 1. The molecule has 0 aliphatic heterocycles. The van der Waals surface area contributed by atoms with Crippen molar-refractivity contribution >= 4 is 43.5 Å². The molecule has 0 amide bonds. The molecule has 0 aliphatic rings. The zero-order chi connectivity index (χ0) is 15.9. The monoisotopic (exact) mass is 454 g/mol. The summed E-state index contributed by atoms with van der Waals surface area (Å²) in [6, 6.07) is 10.1. The van der Waals surface area contributed by atoms with E-state index in [9.17, 15) is 9.59 Å². The third-order valence-electron chi connectivity index (χ3n) is 1.98. The van der Waals surface area contributed by atoms with Crippen LogP contribution in [0.15, 0.2) is 58.4 Å². The lowest BCUT2D eigenvalue weighted by atomic mass is 10.5. The Kier molecular flexibility index (Phi) is 17.6. The largest absolute Gasteiger partial charge is 0.329 e. The predicted octanol–water partition coefficient (Wildman–Crippen LogP) is 3.87. The molecule has 7 heteroatoms. The van der Waals surface area contributed by atoms with E-state index in [0.29, 0.717) is 5.88 Å². The molecule has 2 heterocycles. The van der Waals surface area contributed by atoms with Crippen LogP contribution in [0.25, 0.3) is 0 Å². The van der Waals surface area contributed by atoms with Crippen LogP contribution in [0.3, 0.4) is 0 Å². The van der Waals surface area contributed by atoms with Crippen molar-refractivity contribution in [3.05, 3.63) is 69.5 Å². The Balaban J connectivity index is 0. The number of aromatic nitrogens is 2. The average molecular weight is 457 g/mol. The van der Waals surface area contributed by atoms with E-state index in [4.69, 9.17) is 11.6 Å². The fraction of sp³-hybridized carbons (Fsp3) is 0.333. The number of hydrogen-bond donors (Lipinski definition) is 1. The molecule has 0 fully saturated rings. The maximum Gasteiger partial charge on any atom is 0.250 e. The van der Waals surface area contributed by atoms with E-state index in [0.717, 1.165) is 17.2 Å². The zero-order valence-corrected chi connectivity index (χ0v) is 15.3. The Bertz CT molecular complexity index is 568. The first-order valence-corrected chi connectivity index (χ1v) is 8.90. The SMILES string of the molecule is C.ClCCBr.O=c1cccc[nH]1.O=c1ccccn1CCBr. The van der Waals surface area contributed by atoms with Crippen molar-refractivity contribution in [3.63, 3.8) is 0 Å². The molecule has 0 aromatic carbocycles. The van der Waals surface area contributed by atoms with Crippen molar-refractivity contribution in [2.24, 2.45) is 0 Å². The van der Waals surface area contributed by atoms with E-state index in [1.807, 2.05) is 6.07 Å². The number of aromatic amines is 1. The van der Waals surface area contributed by atoms with E-state index in [2.05, 4.69) is 36.8 Å². The number of nitrogens with one attached hydrogen (secondary N) is 1. The summed E-state index contributed by atoms with van der Waals surface area (Å²) in [5.41, 5.74) is 0.00412. The van der Waals surface area contributed by atoms with Gasteiger partial charge in [-0.3, -0.25) is 9.59 Å².